The number of hydrogen-bond donors (Lipinski definition) is 1. The number of nitrogens with zero attached hydrogens (tertiary/aromatic N) is 3. The zero-order chi connectivity index (χ0) is 12.4. The largest absolute Gasteiger partial charge is 0.321 e. The highest BCUT2D eigenvalue weighted by Gasteiger charge is 2.27. The molecule has 1 aromatic carbocycles. The van der Waals surface area contributed by atoms with E-state index in [1.54, 1.807) is 0 Å². The monoisotopic (exact) mass is 242 g/mol. The fourth-order valence-corrected chi connectivity index (χ4v) is 2.25. The van der Waals surface area contributed by atoms with Crippen LogP contribution in [0, 0.1) is 0 Å². The van der Waals surface area contributed by atoms with Gasteiger partial charge < -0.3 is 10.3 Å². The van der Waals surface area contributed by atoms with Gasteiger partial charge in [-0.1, -0.05) is 30.3 Å². The smallest absolute Gasteiger partial charge is 0.150 e. The number of benzene rings is 1. The molecule has 18 heavy (non-hydrogen) atoms. The van der Waals surface area contributed by atoms with Gasteiger partial charge in [0.2, 0.25) is 0 Å². The molecule has 94 valence electrons. The molecule has 1 atom stereocenters. The first kappa shape index (κ1) is 11.4. The standard InChI is InChI=1S/C14H18N4/c15-13(9-6-11-4-2-1-3-5-11)14-17-16-10-18(14)12-7-8-12/h1-5,10,12-13H,6-9,15H2. The molecular formula is C14H18N4. The van der Waals surface area contributed by atoms with E-state index in [0.29, 0.717) is 6.04 Å². The van der Waals surface area contributed by atoms with Crippen LogP contribution in [-0.4, -0.2) is 14.8 Å². The Balaban J connectivity index is 1.64. The van der Waals surface area contributed by atoms with Crippen LogP contribution in [0.1, 0.15) is 42.7 Å². The maximum atomic E-state index is 6.23. The summed E-state index contributed by atoms with van der Waals surface area (Å²) in [5, 5.41) is 8.17. The van der Waals surface area contributed by atoms with Crippen LogP contribution in [0.25, 0.3) is 0 Å². The predicted molar refractivity (Wildman–Crippen MR) is 70.0 cm³/mol. The lowest BCUT2D eigenvalue weighted by Gasteiger charge is -2.12. The Labute approximate surface area is 107 Å². The highest BCUT2D eigenvalue weighted by atomic mass is 15.3. The second kappa shape index (κ2) is 4.90. The average Bonchev–Trinajstić information content (AvgIpc) is 3.14. The number of rotatable bonds is 5. The summed E-state index contributed by atoms with van der Waals surface area (Å²) in [7, 11) is 0. The quantitative estimate of drug-likeness (QED) is 0.874. The summed E-state index contributed by atoms with van der Waals surface area (Å²) in [5.41, 5.74) is 7.55. The second-order valence-corrected chi connectivity index (χ2v) is 4.96. The lowest BCUT2D eigenvalue weighted by molar-refractivity contribution is 0.560. The maximum Gasteiger partial charge on any atom is 0.150 e. The summed E-state index contributed by atoms with van der Waals surface area (Å²) in [6.07, 6.45) is 6.18. The zero-order valence-electron chi connectivity index (χ0n) is 10.4. The molecule has 1 heterocycles. The van der Waals surface area contributed by atoms with E-state index in [2.05, 4.69) is 39.0 Å². The molecule has 2 aromatic rings. The topological polar surface area (TPSA) is 56.7 Å². The molecule has 1 saturated carbocycles. The van der Waals surface area contributed by atoms with E-state index >= 15 is 0 Å². The van der Waals surface area contributed by atoms with Crippen molar-refractivity contribution in [3.05, 3.63) is 48.0 Å². The van der Waals surface area contributed by atoms with Crippen molar-refractivity contribution in [3.8, 4) is 0 Å². The van der Waals surface area contributed by atoms with Gasteiger partial charge in [-0.25, -0.2) is 0 Å². The molecule has 1 aromatic heterocycles. The van der Waals surface area contributed by atoms with E-state index in [1.807, 2.05) is 12.4 Å². The third-order valence-corrected chi connectivity index (χ3v) is 3.46. The van der Waals surface area contributed by atoms with E-state index in [1.165, 1.54) is 18.4 Å². The SMILES string of the molecule is NC(CCc1ccccc1)c1nncn1C1CC1. The van der Waals surface area contributed by atoms with Crippen molar-refractivity contribution in [2.24, 2.45) is 5.73 Å². The van der Waals surface area contributed by atoms with Crippen molar-refractivity contribution < 1.29 is 0 Å². The Morgan fingerprint density at radius 1 is 1.28 bits per heavy atom. The van der Waals surface area contributed by atoms with E-state index in [4.69, 9.17) is 5.73 Å². The highest BCUT2D eigenvalue weighted by molar-refractivity contribution is 5.15. The van der Waals surface area contributed by atoms with Crippen LogP contribution in [0.4, 0.5) is 0 Å². The van der Waals surface area contributed by atoms with Gasteiger partial charge in [-0.15, -0.1) is 10.2 Å². The Morgan fingerprint density at radius 2 is 2.06 bits per heavy atom. The predicted octanol–water partition coefficient (Wildman–Crippen LogP) is 2.25. The normalized spacial score (nSPS) is 16.7. The van der Waals surface area contributed by atoms with Gasteiger partial charge >= 0.3 is 0 Å². The average molecular weight is 242 g/mol. The van der Waals surface area contributed by atoms with Crippen molar-refractivity contribution in [3.63, 3.8) is 0 Å². The molecule has 0 spiro atoms. The van der Waals surface area contributed by atoms with Gasteiger partial charge in [-0.3, -0.25) is 0 Å². The number of nitrogens with two attached hydrogens (primary N) is 1. The Bertz CT molecular complexity index is 502. The molecule has 0 amide bonds. The molecule has 1 aliphatic carbocycles. The van der Waals surface area contributed by atoms with Crippen molar-refractivity contribution >= 4 is 0 Å². The third-order valence-electron chi connectivity index (χ3n) is 3.46. The molecule has 0 bridgehead atoms. The van der Waals surface area contributed by atoms with Crippen LogP contribution in [0.5, 0.6) is 0 Å². The molecule has 0 aliphatic heterocycles. The summed E-state index contributed by atoms with van der Waals surface area (Å²) >= 11 is 0. The van der Waals surface area contributed by atoms with Crippen LogP contribution in [0.15, 0.2) is 36.7 Å². The second-order valence-electron chi connectivity index (χ2n) is 4.96. The lowest BCUT2D eigenvalue weighted by Crippen LogP contribution is -2.17. The fraction of sp³-hybridized carbons (Fsp3) is 0.429. The lowest BCUT2D eigenvalue weighted by atomic mass is 10.1. The van der Waals surface area contributed by atoms with Crippen molar-refractivity contribution in [1.82, 2.24) is 14.8 Å². The van der Waals surface area contributed by atoms with Crippen LogP contribution in [-0.2, 0) is 6.42 Å². The summed E-state index contributed by atoms with van der Waals surface area (Å²) in [5.74, 6) is 0.938. The van der Waals surface area contributed by atoms with E-state index in [9.17, 15) is 0 Å². The first-order valence-electron chi connectivity index (χ1n) is 6.53. The Morgan fingerprint density at radius 3 is 2.78 bits per heavy atom. The highest BCUT2D eigenvalue weighted by Crippen LogP contribution is 2.36. The van der Waals surface area contributed by atoms with Gasteiger partial charge in [0, 0.05) is 6.04 Å². The molecular weight excluding hydrogens is 224 g/mol. The first-order chi connectivity index (χ1) is 8.84. The maximum absolute atomic E-state index is 6.23. The van der Waals surface area contributed by atoms with Crippen LogP contribution in [0.3, 0.4) is 0 Å². The van der Waals surface area contributed by atoms with E-state index in [0.717, 1.165) is 18.7 Å². The summed E-state index contributed by atoms with van der Waals surface area (Å²) < 4.78 is 2.15. The van der Waals surface area contributed by atoms with Gasteiger partial charge in [0.05, 0.1) is 6.04 Å². The minimum atomic E-state index is -0.0201. The minimum Gasteiger partial charge on any atom is -0.321 e. The fourth-order valence-electron chi connectivity index (χ4n) is 2.25. The number of aromatic nitrogens is 3. The molecule has 2 N–H and O–H groups in total. The van der Waals surface area contributed by atoms with Crippen LogP contribution >= 0.6 is 0 Å². The Hall–Kier alpha value is -1.68. The van der Waals surface area contributed by atoms with Gasteiger partial charge in [-0.2, -0.15) is 0 Å². The van der Waals surface area contributed by atoms with Crippen molar-refractivity contribution in [2.75, 3.05) is 0 Å². The molecule has 1 aliphatic rings. The molecule has 3 rings (SSSR count). The molecule has 0 radical (unpaired) electrons. The molecule has 4 nitrogen and oxygen atoms in total. The van der Waals surface area contributed by atoms with E-state index in [-0.39, 0.29) is 6.04 Å². The minimum absolute atomic E-state index is 0.0201. The van der Waals surface area contributed by atoms with Crippen molar-refractivity contribution in [1.29, 1.82) is 0 Å². The number of aryl methyl sites for hydroxylation is 1. The van der Waals surface area contributed by atoms with Crippen LogP contribution < -0.4 is 5.73 Å². The van der Waals surface area contributed by atoms with Gasteiger partial charge in [-0.05, 0) is 31.2 Å². The molecule has 1 unspecified atom stereocenters. The van der Waals surface area contributed by atoms with E-state index < -0.39 is 0 Å². The zero-order valence-corrected chi connectivity index (χ0v) is 10.4. The van der Waals surface area contributed by atoms with Gasteiger partial charge in [0.25, 0.3) is 0 Å². The number of hydrogen-bond acceptors (Lipinski definition) is 3. The Kier molecular flexibility index (Phi) is 3.11. The summed E-state index contributed by atoms with van der Waals surface area (Å²) in [6, 6.07) is 11.0. The van der Waals surface area contributed by atoms with Crippen LogP contribution in [0.2, 0.25) is 0 Å². The summed E-state index contributed by atoms with van der Waals surface area (Å²) in [6.45, 7) is 0. The molecule has 0 saturated heterocycles. The van der Waals surface area contributed by atoms with Gasteiger partial charge in [0.1, 0.15) is 12.2 Å². The summed E-state index contributed by atoms with van der Waals surface area (Å²) in [4.78, 5) is 0. The third kappa shape index (κ3) is 2.43. The molecule has 4 heteroatoms. The molecule has 1 fully saturated rings. The first-order valence-corrected chi connectivity index (χ1v) is 6.53. The van der Waals surface area contributed by atoms with Gasteiger partial charge in [0.15, 0.2) is 0 Å². The van der Waals surface area contributed by atoms with Crippen molar-refractivity contribution in [2.45, 2.75) is 37.8 Å².